The van der Waals surface area contributed by atoms with Crippen molar-refractivity contribution in [2.75, 3.05) is 0 Å². The molecule has 0 atom stereocenters. The third-order valence-corrected chi connectivity index (χ3v) is 2.32. The summed E-state index contributed by atoms with van der Waals surface area (Å²) in [6.45, 7) is 0. The first-order chi connectivity index (χ1) is 7.64. The molecule has 3 nitrogen and oxygen atoms in total. The number of hydrogen-bond acceptors (Lipinski definition) is 2. The molecule has 1 rings (SSSR count). The molecule has 0 saturated carbocycles. The van der Waals surface area contributed by atoms with Crippen molar-refractivity contribution < 1.29 is 31.9 Å². The topological polar surface area (TPSA) is 50.2 Å². The first-order valence-corrected chi connectivity index (χ1v) is 4.73. The van der Waals surface area contributed by atoms with Gasteiger partial charge in [0.2, 0.25) is 0 Å². The Labute approximate surface area is 99.4 Å². The van der Waals surface area contributed by atoms with Crippen LogP contribution in [0.3, 0.4) is 0 Å². The molecule has 0 saturated heterocycles. The number of pyridine rings is 1. The van der Waals surface area contributed by atoms with Gasteiger partial charge in [-0.15, -0.1) is 0 Å². The summed E-state index contributed by atoms with van der Waals surface area (Å²) in [5.74, 6) is -1.78. The molecule has 0 radical (unpaired) electrons. The third-order valence-electron chi connectivity index (χ3n) is 1.71. The Balaban J connectivity index is 3.51. The molecule has 0 amide bonds. The highest BCUT2D eigenvalue weighted by Gasteiger charge is 2.37. The molecule has 0 aliphatic rings. The van der Waals surface area contributed by atoms with Gasteiger partial charge in [0, 0.05) is 4.47 Å². The van der Waals surface area contributed by atoms with Crippen LogP contribution in [0.2, 0.25) is 0 Å². The highest BCUT2D eigenvalue weighted by atomic mass is 79.9. The summed E-state index contributed by atoms with van der Waals surface area (Å²) in [6, 6.07) is 0.458. The van der Waals surface area contributed by atoms with Crippen molar-refractivity contribution >= 4 is 21.9 Å². The van der Waals surface area contributed by atoms with Crippen LogP contribution < -0.4 is 0 Å². The maximum atomic E-state index is 12.4. The van der Waals surface area contributed by atoms with E-state index in [2.05, 4.69) is 20.9 Å². The second-order valence-electron chi connectivity index (χ2n) is 2.86. The third kappa shape index (κ3) is 2.90. The minimum absolute atomic E-state index is 0.458. The van der Waals surface area contributed by atoms with Gasteiger partial charge in [-0.25, -0.2) is 18.6 Å². The number of alkyl halides is 5. The van der Waals surface area contributed by atoms with Gasteiger partial charge in [-0.05, 0) is 22.0 Å². The molecular weight excluding hydrogens is 317 g/mol. The summed E-state index contributed by atoms with van der Waals surface area (Å²) < 4.78 is 61.1. The number of nitrogens with zero attached hydrogens (tertiary/aromatic N) is 1. The summed E-state index contributed by atoms with van der Waals surface area (Å²) in [5, 5.41) is 8.56. The van der Waals surface area contributed by atoms with E-state index in [1.807, 2.05) is 0 Å². The van der Waals surface area contributed by atoms with E-state index in [-0.39, 0.29) is 0 Å². The molecule has 1 N–H and O–H groups in total. The molecule has 17 heavy (non-hydrogen) atoms. The average Bonchev–Trinajstić information content (AvgIpc) is 2.14. The van der Waals surface area contributed by atoms with E-state index in [4.69, 9.17) is 5.11 Å². The molecule has 0 fully saturated rings. The van der Waals surface area contributed by atoms with Crippen molar-refractivity contribution in [2.45, 2.75) is 12.6 Å². The van der Waals surface area contributed by atoms with Gasteiger partial charge in [0.1, 0.15) is 5.69 Å². The van der Waals surface area contributed by atoms with Crippen LogP contribution in [0.25, 0.3) is 0 Å². The van der Waals surface area contributed by atoms with Gasteiger partial charge >= 0.3 is 12.1 Å². The summed E-state index contributed by atoms with van der Waals surface area (Å²) in [5.41, 5.74) is -3.97. The number of carboxylic acid groups (broad SMARTS) is 1. The van der Waals surface area contributed by atoms with E-state index in [1.165, 1.54) is 0 Å². The second kappa shape index (κ2) is 4.55. The highest BCUT2D eigenvalue weighted by Crippen LogP contribution is 2.36. The number of hydrogen-bond donors (Lipinski definition) is 1. The second-order valence-corrected chi connectivity index (χ2v) is 3.71. The normalized spacial score (nSPS) is 11.9. The molecule has 0 aliphatic carbocycles. The van der Waals surface area contributed by atoms with Crippen LogP contribution >= 0.6 is 15.9 Å². The largest absolute Gasteiger partial charge is 0.478 e. The number of carbonyl (C=O) groups is 1. The summed E-state index contributed by atoms with van der Waals surface area (Å²) in [4.78, 5) is 13.2. The minimum Gasteiger partial charge on any atom is -0.478 e. The Morgan fingerprint density at radius 3 is 2.29 bits per heavy atom. The highest BCUT2D eigenvalue weighted by molar-refractivity contribution is 9.10. The average molecular weight is 320 g/mol. The van der Waals surface area contributed by atoms with Crippen LogP contribution in [0.15, 0.2) is 10.5 Å². The standard InChI is InChI=1S/C8H3BrF5NO2/c9-3-1-2(7(16)17)4(6(10)11)15-5(3)8(12,13)14/h1,6H,(H,16,17). The zero-order chi connectivity index (χ0) is 13.4. The number of carboxylic acids is 1. The van der Waals surface area contributed by atoms with Gasteiger partial charge in [0.05, 0.1) is 5.56 Å². The van der Waals surface area contributed by atoms with Crippen LogP contribution in [-0.2, 0) is 6.18 Å². The predicted molar refractivity (Wildman–Crippen MR) is 48.9 cm³/mol. The fraction of sp³-hybridized carbons (Fsp3) is 0.250. The minimum atomic E-state index is -4.94. The van der Waals surface area contributed by atoms with E-state index in [0.717, 1.165) is 0 Å². The lowest BCUT2D eigenvalue weighted by Crippen LogP contribution is -2.14. The van der Waals surface area contributed by atoms with Crippen molar-refractivity contribution in [3.63, 3.8) is 0 Å². The Bertz CT molecular complexity index is 460. The van der Waals surface area contributed by atoms with Crippen molar-refractivity contribution in [3.8, 4) is 0 Å². The first kappa shape index (κ1) is 13.8. The van der Waals surface area contributed by atoms with Crippen LogP contribution in [-0.4, -0.2) is 16.1 Å². The summed E-state index contributed by atoms with van der Waals surface area (Å²) >= 11 is 2.44. The molecular formula is C8H3BrF5NO2. The Kier molecular flexibility index (Phi) is 3.70. The van der Waals surface area contributed by atoms with Crippen molar-refractivity contribution in [1.82, 2.24) is 4.98 Å². The monoisotopic (exact) mass is 319 g/mol. The quantitative estimate of drug-likeness (QED) is 0.849. The SMILES string of the molecule is O=C(O)c1cc(Br)c(C(F)(F)F)nc1C(F)F. The van der Waals surface area contributed by atoms with E-state index in [0.29, 0.717) is 6.07 Å². The summed E-state index contributed by atoms with van der Waals surface area (Å²) in [6.07, 6.45) is -8.35. The van der Waals surface area contributed by atoms with Crippen LogP contribution in [0, 0.1) is 0 Å². The fourth-order valence-electron chi connectivity index (χ4n) is 1.04. The van der Waals surface area contributed by atoms with Crippen molar-refractivity contribution in [2.24, 2.45) is 0 Å². The number of rotatable bonds is 2. The van der Waals surface area contributed by atoms with E-state index >= 15 is 0 Å². The van der Waals surface area contributed by atoms with Crippen LogP contribution in [0.5, 0.6) is 0 Å². The number of aromatic nitrogens is 1. The fourth-order valence-corrected chi connectivity index (χ4v) is 1.58. The van der Waals surface area contributed by atoms with Gasteiger partial charge in [0.15, 0.2) is 5.69 Å². The maximum Gasteiger partial charge on any atom is 0.434 e. The Hall–Kier alpha value is -1.25. The molecule has 0 aromatic carbocycles. The summed E-state index contributed by atoms with van der Waals surface area (Å²) in [7, 11) is 0. The molecule has 0 aliphatic heterocycles. The number of aromatic carboxylic acids is 1. The van der Waals surface area contributed by atoms with E-state index in [1.54, 1.807) is 0 Å². The zero-order valence-corrected chi connectivity index (χ0v) is 9.31. The van der Waals surface area contributed by atoms with Crippen LogP contribution in [0.4, 0.5) is 22.0 Å². The van der Waals surface area contributed by atoms with Gasteiger partial charge in [-0.3, -0.25) is 0 Å². The smallest absolute Gasteiger partial charge is 0.434 e. The lowest BCUT2D eigenvalue weighted by atomic mass is 10.1. The molecule has 94 valence electrons. The lowest BCUT2D eigenvalue weighted by Gasteiger charge is -2.12. The van der Waals surface area contributed by atoms with E-state index in [9.17, 15) is 26.7 Å². The Morgan fingerprint density at radius 2 is 1.94 bits per heavy atom. The first-order valence-electron chi connectivity index (χ1n) is 3.93. The molecule has 0 bridgehead atoms. The van der Waals surface area contributed by atoms with E-state index < -0.39 is 40.0 Å². The van der Waals surface area contributed by atoms with Gasteiger partial charge in [0.25, 0.3) is 6.43 Å². The predicted octanol–water partition coefficient (Wildman–Crippen LogP) is 3.50. The molecule has 1 heterocycles. The molecule has 0 spiro atoms. The van der Waals surface area contributed by atoms with Gasteiger partial charge in [-0.1, -0.05) is 0 Å². The van der Waals surface area contributed by atoms with Crippen molar-refractivity contribution in [3.05, 3.63) is 27.5 Å². The molecule has 9 heteroatoms. The maximum absolute atomic E-state index is 12.4. The Morgan fingerprint density at radius 1 is 1.41 bits per heavy atom. The molecule has 0 unspecified atom stereocenters. The van der Waals surface area contributed by atoms with Crippen LogP contribution in [0.1, 0.15) is 28.2 Å². The van der Waals surface area contributed by atoms with Gasteiger partial charge in [-0.2, -0.15) is 13.2 Å². The zero-order valence-electron chi connectivity index (χ0n) is 7.73. The van der Waals surface area contributed by atoms with Crippen molar-refractivity contribution in [1.29, 1.82) is 0 Å². The molecule has 1 aromatic heterocycles. The lowest BCUT2D eigenvalue weighted by molar-refractivity contribution is -0.142. The number of halogens is 6. The molecule has 1 aromatic rings. The van der Waals surface area contributed by atoms with Gasteiger partial charge < -0.3 is 5.11 Å².